The molecule has 0 unspecified atom stereocenters. The summed E-state index contributed by atoms with van der Waals surface area (Å²) in [5.41, 5.74) is 0. The second-order valence-corrected chi connectivity index (χ2v) is 2.71. The zero-order valence-corrected chi connectivity index (χ0v) is 7.42. The second kappa shape index (κ2) is 5.57. The van der Waals surface area contributed by atoms with Crippen LogP contribution >= 0.6 is 0 Å². The van der Waals surface area contributed by atoms with Crippen molar-refractivity contribution in [2.75, 3.05) is 0 Å². The Morgan fingerprint density at radius 2 is 2.08 bits per heavy atom. The zero-order valence-electron chi connectivity index (χ0n) is 7.42. The topological polar surface area (TPSA) is 69.2 Å². The van der Waals surface area contributed by atoms with E-state index in [0.717, 1.165) is 12.8 Å². The largest absolute Gasteiger partial charge is 0.548 e. The molecular formula is C8H14NO3-. The highest BCUT2D eigenvalue weighted by Crippen LogP contribution is 1.99. The number of carboxylic acids is 1. The maximum atomic E-state index is 10.5. The molecule has 0 bridgehead atoms. The van der Waals surface area contributed by atoms with Crippen molar-refractivity contribution < 1.29 is 14.7 Å². The molecule has 0 heterocycles. The zero-order chi connectivity index (χ0) is 9.56. The van der Waals surface area contributed by atoms with Crippen molar-refractivity contribution >= 4 is 11.9 Å². The molecule has 0 fully saturated rings. The van der Waals surface area contributed by atoms with E-state index >= 15 is 0 Å². The molecule has 70 valence electrons. The molecule has 12 heavy (non-hydrogen) atoms. The fraction of sp³-hybridized carbons (Fsp3) is 0.750. The van der Waals surface area contributed by atoms with Gasteiger partial charge < -0.3 is 15.2 Å². The van der Waals surface area contributed by atoms with Crippen molar-refractivity contribution in [3.05, 3.63) is 0 Å². The van der Waals surface area contributed by atoms with E-state index in [1.807, 2.05) is 6.92 Å². The van der Waals surface area contributed by atoms with Crippen LogP contribution in [0.25, 0.3) is 0 Å². The number of carboxylic acid groups (broad SMARTS) is 1. The van der Waals surface area contributed by atoms with Crippen LogP contribution in [-0.2, 0) is 9.59 Å². The molecule has 0 aromatic heterocycles. The van der Waals surface area contributed by atoms with Gasteiger partial charge in [0, 0.05) is 6.92 Å². The van der Waals surface area contributed by atoms with Gasteiger partial charge in [-0.2, -0.15) is 0 Å². The maximum Gasteiger partial charge on any atom is 0.217 e. The Hall–Kier alpha value is -1.06. The van der Waals surface area contributed by atoms with Gasteiger partial charge in [-0.15, -0.1) is 0 Å². The fourth-order valence-corrected chi connectivity index (χ4v) is 0.903. The number of amides is 1. The van der Waals surface area contributed by atoms with Gasteiger partial charge in [0.1, 0.15) is 0 Å². The Morgan fingerprint density at radius 3 is 2.42 bits per heavy atom. The summed E-state index contributed by atoms with van der Waals surface area (Å²) in [5.74, 6) is -1.54. The molecule has 0 spiro atoms. The van der Waals surface area contributed by atoms with Crippen molar-refractivity contribution in [3.8, 4) is 0 Å². The summed E-state index contributed by atoms with van der Waals surface area (Å²) in [6, 6.07) is -0.831. The number of carbonyl (C=O) groups excluding carboxylic acids is 2. The lowest BCUT2D eigenvalue weighted by molar-refractivity contribution is -0.308. The SMILES string of the molecule is CCCC[C@H](NC(C)=O)C(=O)[O-]. The van der Waals surface area contributed by atoms with Crippen molar-refractivity contribution in [1.82, 2.24) is 5.32 Å². The first-order valence-corrected chi connectivity index (χ1v) is 4.06. The van der Waals surface area contributed by atoms with Gasteiger partial charge in [-0.05, 0) is 6.42 Å². The smallest absolute Gasteiger partial charge is 0.217 e. The monoisotopic (exact) mass is 172 g/mol. The molecule has 1 amide bonds. The van der Waals surface area contributed by atoms with Crippen LogP contribution in [0.15, 0.2) is 0 Å². The predicted octanol–water partition coefficient (Wildman–Crippen LogP) is -0.569. The van der Waals surface area contributed by atoms with Crippen LogP contribution in [-0.4, -0.2) is 17.9 Å². The standard InChI is InChI=1S/C8H15NO3/c1-3-4-5-7(8(11)12)9-6(2)10/h7H,3-5H2,1-2H3,(H,9,10)(H,11,12)/p-1/t7-/m0/s1. The van der Waals surface area contributed by atoms with Gasteiger partial charge in [-0.3, -0.25) is 4.79 Å². The Balaban J connectivity index is 3.87. The minimum atomic E-state index is -1.21. The van der Waals surface area contributed by atoms with Gasteiger partial charge in [-0.25, -0.2) is 0 Å². The van der Waals surface area contributed by atoms with Crippen molar-refractivity contribution in [2.24, 2.45) is 0 Å². The summed E-state index contributed by atoms with van der Waals surface area (Å²) in [5, 5.41) is 12.7. The lowest BCUT2D eigenvalue weighted by atomic mass is 10.1. The maximum absolute atomic E-state index is 10.5. The molecule has 4 heteroatoms. The molecular weight excluding hydrogens is 158 g/mol. The molecule has 0 aromatic carbocycles. The summed E-state index contributed by atoms with van der Waals surface area (Å²) >= 11 is 0. The van der Waals surface area contributed by atoms with E-state index < -0.39 is 12.0 Å². The van der Waals surface area contributed by atoms with E-state index in [9.17, 15) is 14.7 Å². The summed E-state index contributed by atoms with van der Waals surface area (Å²) in [4.78, 5) is 20.9. The quantitative estimate of drug-likeness (QED) is 0.603. The van der Waals surface area contributed by atoms with E-state index in [0.29, 0.717) is 6.42 Å². The molecule has 0 aliphatic heterocycles. The molecule has 0 aliphatic rings. The van der Waals surface area contributed by atoms with Crippen LogP contribution in [0.5, 0.6) is 0 Å². The lowest BCUT2D eigenvalue weighted by Gasteiger charge is -2.17. The lowest BCUT2D eigenvalue weighted by Crippen LogP contribution is -2.47. The molecule has 0 aliphatic carbocycles. The third-order valence-corrected chi connectivity index (χ3v) is 1.51. The molecule has 0 saturated carbocycles. The number of hydrogen-bond acceptors (Lipinski definition) is 3. The third kappa shape index (κ3) is 4.71. The van der Waals surface area contributed by atoms with Crippen LogP contribution in [0.1, 0.15) is 33.1 Å². The van der Waals surface area contributed by atoms with Crippen molar-refractivity contribution in [3.63, 3.8) is 0 Å². The second-order valence-electron chi connectivity index (χ2n) is 2.71. The Morgan fingerprint density at radius 1 is 1.50 bits per heavy atom. The number of unbranched alkanes of at least 4 members (excludes halogenated alkanes) is 1. The van der Waals surface area contributed by atoms with Crippen LogP contribution in [0.2, 0.25) is 0 Å². The highest BCUT2D eigenvalue weighted by molar-refractivity contribution is 5.80. The Labute approximate surface area is 72.0 Å². The van der Waals surface area contributed by atoms with E-state index in [1.54, 1.807) is 0 Å². The van der Waals surface area contributed by atoms with E-state index in [-0.39, 0.29) is 5.91 Å². The molecule has 1 atom stereocenters. The van der Waals surface area contributed by atoms with Crippen molar-refractivity contribution in [1.29, 1.82) is 0 Å². The molecule has 1 N–H and O–H groups in total. The normalized spacial score (nSPS) is 12.2. The Bertz CT molecular complexity index is 168. The third-order valence-electron chi connectivity index (χ3n) is 1.51. The van der Waals surface area contributed by atoms with Gasteiger partial charge in [-0.1, -0.05) is 19.8 Å². The van der Waals surface area contributed by atoms with Gasteiger partial charge in [0.25, 0.3) is 0 Å². The van der Waals surface area contributed by atoms with Gasteiger partial charge in [0.2, 0.25) is 5.91 Å². The average molecular weight is 172 g/mol. The number of hydrogen-bond donors (Lipinski definition) is 1. The van der Waals surface area contributed by atoms with Gasteiger partial charge in [0.05, 0.1) is 12.0 Å². The Kier molecular flexibility index (Phi) is 5.08. The molecule has 0 saturated heterocycles. The van der Waals surface area contributed by atoms with Crippen molar-refractivity contribution in [2.45, 2.75) is 39.2 Å². The van der Waals surface area contributed by atoms with E-state index in [2.05, 4.69) is 5.32 Å². The number of rotatable bonds is 5. The van der Waals surface area contributed by atoms with E-state index in [4.69, 9.17) is 0 Å². The predicted molar refractivity (Wildman–Crippen MR) is 42.1 cm³/mol. The van der Waals surface area contributed by atoms with Crippen LogP contribution < -0.4 is 10.4 Å². The first kappa shape index (κ1) is 10.9. The molecule has 0 rings (SSSR count). The molecule has 4 nitrogen and oxygen atoms in total. The van der Waals surface area contributed by atoms with Gasteiger partial charge in [0.15, 0.2) is 0 Å². The molecule has 0 aromatic rings. The van der Waals surface area contributed by atoms with Gasteiger partial charge >= 0.3 is 0 Å². The highest BCUT2D eigenvalue weighted by atomic mass is 16.4. The summed E-state index contributed by atoms with van der Waals surface area (Å²) in [7, 11) is 0. The number of carbonyl (C=O) groups is 2. The minimum Gasteiger partial charge on any atom is -0.548 e. The average Bonchev–Trinajstić information content (AvgIpc) is 1.96. The number of nitrogens with one attached hydrogen (secondary N) is 1. The summed E-state index contributed by atoms with van der Waals surface area (Å²) < 4.78 is 0. The summed E-state index contributed by atoms with van der Waals surface area (Å²) in [6.07, 6.45) is 2.13. The van der Waals surface area contributed by atoms with E-state index in [1.165, 1.54) is 6.92 Å². The van der Waals surface area contributed by atoms with Crippen LogP contribution in [0, 0.1) is 0 Å². The first-order chi connectivity index (χ1) is 5.57. The summed E-state index contributed by atoms with van der Waals surface area (Å²) in [6.45, 7) is 3.25. The highest BCUT2D eigenvalue weighted by Gasteiger charge is 2.09. The molecule has 0 radical (unpaired) electrons. The van der Waals surface area contributed by atoms with Crippen LogP contribution in [0.4, 0.5) is 0 Å². The first-order valence-electron chi connectivity index (χ1n) is 4.06. The minimum absolute atomic E-state index is 0.333. The van der Waals surface area contributed by atoms with Crippen LogP contribution in [0.3, 0.4) is 0 Å². The fourth-order valence-electron chi connectivity index (χ4n) is 0.903. The number of aliphatic carboxylic acids is 1.